The second kappa shape index (κ2) is 39.7. The van der Waals surface area contributed by atoms with Gasteiger partial charge in [-0.25, -0.2) is 0 Å². The molecule has 0 saturated heterocycles. The molecular formula is C64H118O2S2Sn2. The van der Waals surface area contributed by atoms with E-state index in [2.05, 4.69) is 92.1 Å². The van der Waals surface area contributed by atoms with Gasteiger partial charge in [-0.15, -0.1) is 0 Å². The van der Waals surface area contributed by atoms with E-state index in [0.717, 1.165) is 13.2 Å². The molecule has 2 unspecified atom stereocenters. The Morgan fingerprint density at radius 2 is 0.543 bits per heavy atom. The van der Waals surface area contributed by atoms with Crippen molar-refractivity contribution < 1.29 is 9.47 Å². The molecule has 6 heteroatoms. The Labute approximate surface area is 453 Å². The van der Waals surface area contributed by atoms with Crippen LogP contribution in [0.1, 0.15) is 285 Å². The van der Waals surface area contributed by atoms with Crippen LogP contribution < -0.4 is 15.3 Å². The van der Waals surface area contributed by atoms with Crippen LogP contribution >= 0.6 is 22.7 Å². The first-order chi connectivity index (χ1) is 33.9. The number of benzene rings is 1. The molecule has 0 aliphatic heterocycles. The van der Waals surface area contributed by atoms with Gasteiger partial charge >= 0.3 is 302 Å². The zero-order chi connectivity index (χ0) is 50.7. The third-order valence-electron chi connectivity index (χ3n) is 15.6. The Morgan fingerprint density at radius 3 is 0.757 bits per heavy atom. The third-order valence-corrected chi connectivity index (χ3v) is 36.8. The number of fused-ring (bicyclic) bond motifs is 2. The maximum absolute atomic E-state index is 7.42. The van der Waals surface area contributed by atoms with Crippen molar-refractivity contribution in [2.45, 2.75) is 314 Å². The molecule has 0 spiro atoms. The van der Waals surface area contributed by atoms with Gasteiger partial charge in [0, 0.05) is 0 Å². The first-order valence-electron chi connectivity index (χ1n) is 31.2. The van der Waals surface area contributed by atoms with Crippen molar-refractivity contribution in [3.05, 3.63) is 12.1 Å². The van der Waals surface area contributed by atoms with Crippen LogP contribution in [0.5, 0.6) is 11.5 Å². The van der Waals surface area contributed by atoms with E-state index in [-0.39, 0.29) is 0 Å². The van der Waals surface area contributed by atoms with Crippen molar-refractivity contribution in [2.75, 3.05) is 13.2 Å². The summed E-state index contributed by atoms with van der Waals surface area (Å²) in [4.78, 5) is 15.6. The van der Waals surface area contributed by atoms with E-state index >= 15 is 0 Å². The van der Waals surface area contributed by atoms with Crippen molar-refractivity contribution >= 4 is 85.4 Å². The van der Waals surface area contributed by atoms with Crippen LogP contribution in [0, 0.1) is 11.8 Å². The van der Waals surface area contributed by atoms with Crippen molar-refractivity contribution in [1.82, 2.24) is 0 Å². The van der Waals surface area contributed by atoms with Gasteiger partial charge in [-0.2, -0.15) is 0 Å². The van der Waals surface area contributed by atoms with Crippen LogP contribution in [0.2, 0.25) is 29.6 Å². The average Bonchev–Trinajstić information content (AvgIpc) is 3.99. The van der Waals surface area contributed by atoms with Crippen LogP contribution in [-0.2, 0) is 0 Å². The summed E-state index contributed by atoms with van der Waals surface area (Å²) in [7, 11) is 0. The predicted molar refractivity (Wildman–Crippen MR) is 329 cm³/mol. The van der Waals surface area contributed by atoms with Crippen molar-refractivity contribution in [3.8, 4) is 11.5 Å². The first kappa shape index (κ1) is 64.6. The summed E-state index contributed by atoms with van der Waals surface area (Å²) in [5, 5.41) is 2.76. The molecule has 406 valence electrons. The zero-order valence-corrected chi connectivity index (χ0v) is 56.0. The van der Waals surface area contributed by atoms with Crippen molar-refractivity contribution in [2.24, 2.45) is 11.8 Å². The molecule has 70 heavy (non-hydrogen) atoms. The monoisotopic (exact) mass is 1220 g/mol. The average molecular weight is 1220 g/mol. The summed E-state index contributed by atoms with van der Waals surface area (Å²) in [6, 6.07) is 5.24. The van der Waals surface area contributed by atoms with Crippen LogP contribution in [0.4, 0.5) is 0 Å². The Balaban J connectivity index is 1.86. The molecule has 2 aromatic heterocycles. The molecule has 0 aliphatic carbocycles. The van der Waals surface area contributed by atoms with Gasteiger partial charge in [0.05, 0.1) is 0 Å². The van der Waals surface area contributed by atoms with Gasteiger partial charge in [0.25, 0.3) is 0 Å². The topological polar surface area (TPSA) is 18.5 Å². The summed E-state index contributed by atoms with van der Waals surface area (Å²) in [5.41, 5.74) is 0. The quantitative estimate of drug-likeness (QED) is 0.0414. The van der Waals surface area contributed by atoms with E-state index in [1.807, 2.05) is 0 Å². The van der Waals surface area contributed by atoms with E-state index < -0.39 is 36.8 Å². The van der Waals surface area contributed by atoms with E-state index in [4.69, 9.17) is 9.47 Å². The van der Waals surface area contributed by atoms with Gasteiger partial charge in [-0.1, -0.05) is 156 Å². The third kappa shape index (κ3) is 27.4. The predicted octanol–water partition coefficient (Wildman–Crippen LogP) is 22.9. The number of unbranched alkanes of at least 4 members (excludes halogenated alkanes) is 32. The second-order valence-corrected chi connectivity index (χ2v) is 57.6. The van der Waals surface area contributed by atoms with Gasteiger partial charge in [-0.3, -0.25) is 0 Å². The second-order valence-electron chi connectivity index (χ2n) is 24.7. The van der Waals surface area contributed by atoms with Crippen molar-refractivity contribution in [1.29, 1.82) is 0 Å². The maximum atomic E-state index is 7.42. The molecule has 2 nitrogen and oxygen atoms in total. The summed E-state index contributed by atoms with van der Waals surface area (Å²) in [6.45, 7) is 11.1. The van der Waals surface area contributed by atoms with E-state index in [1.54, 1.807) is 5.79 Å². The number of thiophene rings is 2. The summed E-state index contributed by atoms with van der Waals surface area (Å²) in [5.74, 6) is 3.71. The van der Waals surface area contributed by atoms with E-state index in [0.29, 0.717) is 11.8 Å². The normalized spacial score (nSPS) is 13.3. The Hall–Kier alpha value is 0.337. The zero-order valence-electron chi connectivity index (χ0n) is 48.6. The molecule has 2 heterocycles. The molecule has 3 rings (SSSR count). The number of hydrogen-bond acceptors (Lipinski definition) is 4. The number of rotatable bonds is 48. The van der Waals surface area contributed by atoms with Gasteiger partial charge in [-0.05, 0) is 0 Å². The first-order valence-corrected chi connectivity index (χ1v) is 52.8. The summed E-state index contributed by atoms with van der Waals surface area (Å²) < 4.78 is 21.0. The van der Waals surface area contributed by atoms with Gasteiger partial charge in [0.15, 0.2) is 0 Å². The van der Waals surface area contributed by atoms with Gasteiger partial charge in [0.1, 0.15) is 0 Å². The molecule has 0 bridgehead atoms. The minimum atomic E-state index is -2.43. The fraction of sp³-hybridized carbons (Fsp3) is 0.844. The molecule has 0 N–H and O–H groups in total. The fourth-order valence-electron chi connectivity index (χ4n) is 10.7. The molecule has 0 radical (unpaired) electrons. The number of hydrogen-bond donors (Lipinski definition) is 0. The SMILES string of the molecule is CCCCCCCCCCCCC(CCCCCCCCCC)COc1c2c[c]([Sn]([CH3])([CH3])[CH3])sc2c(OCC(CCCCCCCCCC)CCCCCCCCCCCC)c2c[c]([Sn]([CH3])([CH3])[CH3])sc12. The minimum absolute atomic E-state index is 0.638. The molecule has 0 saturated carbocycles. The fourth-order valence-corrected chi connectivity index (χ4v) is 23.5. The Morgan fingerprint density at radius 1 is 0.329 bits per heavy atom. The van der Waals surface area contributed by atoms with Gasteiger partial charge < -0.3 is 0 Å². The molecule has 2 atom stereocenters. The Kier molecular flexibility index (Phi) is 36.6. The Bertz CT molecular complexity index is 1520. The molecule has 1 aromatic carbocycles. The van der Waals surface area contributed by atoms with Gasteiger partial charge in [0.2, 0.25) is 0 Å². The molecule has 3 aromatic rings. The van der Waals surface area contributed by atoms with E-state index in [1.165, 1.54) is 289 Å². The standard InChI is InChI=1S/C58H100O2S2.6CH3.2Sn/c1-5-9-13-17-21-25-27-31-35-39-43-51(41-37-33-29-23-19-15-11-7-3)49-59-55-53-45-47-62-58(53)56(54-46-48-61-57(54)55)60-50-52(42-38-34-30-24-20-16-12-8-4)44-40-36-32-28-26-22-18-14-10-6-2;;;;;;;;/h45-46,51-52H,5-44,49-50H2,1-4H3;6*1H3;;. The van der Waals surface area contributed by atoms with Crippen LogP contribution in [0.3, 0.4) is 0 Å². The van der Waals surface area contributed by atoms with Crippen LogP contribution in [0.25, 0.3) is 20.2 Å². The van der Waals surface area contributed by atoms with Crippen molar-refractivity contribution in [3.63, 3.8) is 0 Å². The molecule has 0 amide bonds. The van der Waals surface area contributed by atoms with Crippen LogP contribution in [0.15, 0.2) is 12.1 Å². The van der Waals surface area contributed by atoms with E-state index in [9.17, 15) is 0 Å². The molecule has 0 fully saturated rings. The summed E-state index contributed by atoms with van der Waals surface area (Å²) >= 11 is -0.664. The number of ether oxygens (including phenoxy) is 2. The molecule has 0 aliphatic rings. The van der Waals surface area contributed by atoms with Crippen LogP contribution in [-0.4, -0.2) is 50.0 Å². The molecular weight excluding hydrogens is 1100 g/mol. The summed E-state index contributed by atoms with van der Waals surface area (Å²) in [6.07, 6.45) is 55.8.